The average molecular weight is 315 g/mol. The molecule has 20 heavy (non-hydrogen) atoms. The number of primary amides is 1. The number of nitrogens with zero attached hydrogens (tertiary/aromatic N) is 1. The number of hydrogen-bond acceptors (Lipinski definition) is 2. The highest BCUT2D eigenvalue weighted by Gasteiger charge is 2.30. The molecule has 0 aromatic heterocycles. The summed E-state index contributed by atoms with van der Waals surface area (Å²) in [6.07, 6.45) is 2.60. The highest BCUT2D eigenvalue weighted by molar-refractivity contribution is 6.35. The number of carbonyl (C=O) groups is 2. The molecule has 1 aromatic rings. The van der Waals surface area contributed by atoms with Crippen molar-refractivity contribution in [1.29, 1.82) is 0 Å². The molecular formula is C14H16Cl2N2O2. The fourth-order valence-electron chi connectivity index (χ4n) is 2.46. The lowest BCUT2D eigenvalue weighted by Gasteiger charge is -2.33. The molecule has 1 aliphatic rings. The molecule has 0 radical (unpaired) electrons. The number of hydrogen-bond donors (Lipinski definition) is 1. The molecule has 1 saturated heterocycles. The lowest BCUT2D eigenvalue weighted by molar-refractivity contribution is -0.140. The smallest absolute Gasteiger partial charge is 0.240 e. The zero-order chi connectivity index (χ0) is 14.7. The van der Waals surface area contributed by atoms with E-state index in [1.807, 2.05) is 0 Å². The molecule has 0 aliphatic carbocycles. The van der Waals surface area contributed by atoms with Gasteiger partial charge in [-0.1, -0.05) is 29.3 Å². The molecule has 0 saturated carbocycles. The van der Waals surface area contributed by atoms with Crippen molar-refractivity contribution in [3.63, 3.8) is 0 Å². The fourth-order valence-corrected chi connectivity index (χ4v) is 2.93. The van der Waals surface area contributed by atoms with Gasteiger partial charge >= 0.3 is 0 Å². The molecule has 6 heteroatoms. The molecule has 1 unspecified atom stereocenters. The van der Waals surface area contributed by atoms with E-state index in [4.69, 9.17) is 28.9 Å². The maximum absolute atomic E-state index is 12.3. The van der Waals surface area contributed by atoms with Crippen molar-refractivity contribution < 1.29 is 9.59 Å². The summed E-state index contributed by atoms with van der Waals surface area (Å²) in [6, 6.07) is 4.53. The number of likely N-dealkylation sites (tertiary alicyclic amines) is 1. The van der Waals surface area contributed by atoms with Crippen LogP contribution in [-0.4, -0.2) is 29.3 Å². The van der Waals surface area contributed by atoms with Crippen LogP contribution in [0, 0.1) is 0 Å². The first-order chi connectivity index (χ1) is 9.49. The summed E-state index contributed by atoms with van der Waals surface area (Å²) < 4.78 is 0. The van der Waals surface area contributed by atoms with Crippen molar-refractivity contribution in [3.05, 3.63) is 33.8 Å². The van der Waals surface area contributed by atoms with Crippen LogP contribution in [0.4, 0.5) is 0 Å². The number of piperidine rings is 1. The largest absolute Gasteiger partial charge is 0.368 e. The van der Waals surface area contributed by atoms with Gasteiger partial charge in [-0.15, -0.1) is 0 Å². The summed E-state index contributed by atoms with van der Waals surface area (Å²) in [5, 5.41) is 0.984. The van der Waals surface area contributed by atoms with E-state index in [2.05, 4.69) is 0 Å². The normalized spacial score (nSPS) is 18.9. The van der Waals surface area contributed by atoms with Crippen LogP contribution >= 0.6 is 23.2 Å². The van der Waals surface area contributed by atoms with Crippen LogP contribution in [0.25, 0.3) is 0 Å². The third-order valence-electron chi connectivity index (χ3n) is 3.51. The molecule has 2 N–H and O–H groups in total. The Kier molecular flexibility index (Phi) is 4.89. The standard InChI is InChI=1S/C14H16Cl2N2O2/c15-10-5-4-9(11(16)8-10)7-13(19)18-6-2-1-3-12(18)14(17)20/h4-5,8,12H,1-3,6-7H2,(H2,17,20). The Bertz CT molecular complexity index is 534. The first kappa shape index (κ1) is 15.1. The highest BCUT2D eigenvalue weighted by Crippen LogP contribution is 2.23. The van der Waals surface area contributed by atoms with Gasteiger partial charge in [-0.05, 0) is 37.0 Å². The van der Waals surface area contributed by atoms with E-state index in [1.54, 1.807) is 23.1 Å². The summed E-state index contributed by atoms with van der Waals surface area (Å²) in [6.45, 7) is 0.567. The van der Waals surface area contributed by atoms with E-state index in [9.17, 15) is 9.59 Å². The molecule has 1 aliphatic heterocycles. The summed E-state index contributed by atoms with van der Waals surface area (Å²) in [7, 11) is 0. The summed E-state index contributed by atoms with van der Waals surface area (Å²) >= 11 is 11.9. The van der Waals surface area contributed by atoms with E-state index >= 15 is 0 Å². The molecular weight excluding hydrogens is 299 g/mol. The summed E-state index contributed by atoms with van der Waals surface area (Å²) in [4.78, 5) is 25.3. The third kappa shape index (κ3) is 3.44. The van der Waals surface area contributed by atoms with Gasteiger partial charge in [0, 0.05) is 16.6 Å². The molecule has 2 amide bonds. The first-order valence-corrected chi connectivity index (χ1v) is 7.27. The SMILES string of the molecule is NC(=O)C1CCCCN1C(=O)Cc1ccc(Cl)cc1Cl. The van der Waals surface area contributed by atoms with Gasteiger partial charge in [0.1, 0.15) is 6.04 Å². The zero-order valence-electron chi connectivity index (χ0n) is 10.9. The van der Waals surface area contributed by atoms with Gasteiger partial charge in [-0.25, -0.2) is 0 Å². The maximum atomic E-state index is 12.3. The monoisotopic (exact) mass is 314 g/mol. The van der Waals surface area contributed by atoms with Crippen molar-refractivity contribution in [2.24, 2.45) is 5.73 Å². The molecule has 108 valence electrons. The van der Waals surface area contributed by atoms with Gasteiger partial charge in [0.15, 0.2) is 0 Å². The van der Waals surface area contributed by atoms with Crippen molar-refractivity contribution in [3.8, 4) is 0 Å². The van der Waals surface area contributed by atoms with Gasteiger partial charge < -0.3 is 10.6 Å². The van der Waals surface area contributed by atoms with Gasteiger partial charge in [-0.2, -0.15) is 0 Å². The molecule has 1 heterocycles. The first-order valence-electron chi connectivity index (χ1n) is 6.51. The fraction of sp³-hybridized carbons (Fsp3) is 0.429. The van der Waals surface area contributed by atoms with Crippen LogP contribution in [0.15, 0.2) is 18.2 Å². The van der Waals surface area contributed by atoms with Gasteiger partial charge in [0.05, 0.1) is 6.42 Å². The molecule has 0 spiro atoms. The third-order valence-corrected chi connectivity index (χ3v) is 4.10. The van der Waals surface area contributed by atoms with Crippen molar-refractivity contribution in [1.82, 2.24) is 4.90 Å². The summed E-state index contributed by atoms with van der Waals surface area (Å²) in [5.74, 6) is -0.571. The Morgan fingerprint density at radius 1 is 1.30 bits per heavy atom. The Balaban J connectivity index is 2.12. The molecule has 1 aromatic carbocycles. The molecule has 4 nitrogen and oxygen atoms in total. The molecule has 1 atom stereocenters. The van der Waals surface area contributed by atoms with Crippen LogP contribution in [0.5, 0.6) is 0 Å². The molecule has 1 fully saturated rings. The second-order valence-corrected chi connectivity index (χ2v) is 5.76. The van der Waals surface area contributed by atoms with Crippen LogP contribution in [-0.2, 0) is 16.0 Å². The van der Waals surface area contributed by atoms with Crippen LogP contribution in [0.2, 0.25) is 10.0 Å². The lowest BCUT2D eigenvalue weighted by Crippen LogP contribution is -2.50. The van der Waals surface area contributed by atoms with E-state index in [0.717, 1.165) is 12.8 Å². The molecule has 0 bridgehead atoms. The van der Waals surface area contributed by atoms with Gasteiger partial charge in [0.2, 0.25) is 11.8 Å². The second kappa shape index (κ2) is 6.46. The van der Waals surface area contributed by atoms with Gasteiger partial charge in [-0.3, -0.25) is 9.59 Å². The second-order valence-electron chi connectivity index (χ2n) is 4.91. The topological polar surface area (TPSA) is 63.4 Å². The van der Waals surface area contributed by atoms with Crippen LogP contribution in [0.1, 0.15) is 24.8 Å². The highest BCUT2D eigenvalue weighted by atomic mass is 35.5. The average Bonchev–Trinajstić information content (AvgIpc) is 2.41. The van der Waals surface area contributed by atoms with Crippen molar-refractivity contribution in [2.75, 3.05) is 6.54 Å². The van der Waals surface area contributed by atoms with E-state index in [0.29, 0.717) is 28.6 Å². The van der Waals surface area contributed by atoms with Crippen LogP contribution in [0.3, 0.4) is 0 Å². The Morgan fingerprint density at radius 2 is 2.05 bits per heavy atom. The summed E-state index contributed by atoms with van der Waals surface area (Å²) in [5.41, 5.74) is 6.07. The Labute approximate surface area is 127 Å². The number of carbonyl (C=O) groups excluding carboxylic acids is 2. The number of halogens is 2. The zero-order valence-corrected chi connectivity index (χ0v) is 12.5. The minimum absolute atomic E-state index is 0.127. The van der Waals surface area contributed by atoms with E-state index in [1.165, 1.54) is 0 Å². The number of rotatable bonds is 3. The lowest BCUT2D eigenvalue weighted by atomic mass is 10.0. The van der Waals surface area contributed by atoms with Gasteiger partial charge in [0.25, 0.3) is 0 Å². The Hall–Kier alpha value is -1.26. The van der Waals surface area contributed by atoms with Crippen LogP contribution < -0.4 is 5.73 Å². The van der Waals surface area contributed by atoms with E-state index < -0.39 is 11.9 Å². The minimum atomic E-state index is -0.498. The predicted octanol–water partition coefficient (Wildman–Crippen LogP) is 2.40. The predicted molar refractivity (Wildman–Crippen MR) is 78.7 cm³/mol. The minimum Gasteiger partial charge on any atom is -0.368 e. The quantitative estimate of drug-likeness (QED) is 0.931. The van der Waals surface area contributed by atoms with Crippen molar-refractivity contribution >= 4 is 35.0 Å². The van der Waals surface area contributed by atoms with E-state index in [-0.39, 0.29) is 12.3 Å². The molecule has 2 rings (SSSR count). The number of amides is 2. The number of benzene rings is 1. The Morgan fingerprint density at radius 3 is 2.70 bits per heavy atom. The maximum Gasteiger partial charge on any atom is 0.240 e. The van der Waals surface area contributed by atoms with Crippen molar-refractivity contribution in [2.45, 2.75) is 31.7 Å². The number of nitrogens with two attached hydrogens (primary N) is 1.